The molecule has 1 N–H and O–H groups in total. The van der Waals surface area contributed by atoms with Gasteiger partial charge in [-0.2, -0.15) is 0 Å². The lowest BCUT2D eigenvalue weighted by Crippen LogP contribution is -2.34. The quantitative estimate of drug-likeness (QED) is 0.594. The predicted octanol–water partition coefficient (Wildman–Crippen LogP) is -0.191. The minimum absolute atomic E-state index is 0.366. The van der Waals surface area contributed by atoms with E-state index in [-0.39, 0.29) is 6.61 Å². The molecule has 69 valence electrons. The highest BCUT2D eigenvalue weighted by atomic mass is 19.1. The number of hydrogen-bond acceptors (Lipinski definition) is 4. The standard InChI is InChI=1S/C7H10FO4/c1-4(10)12-7-5(8)3-11-6(7)2-9/h3,5-7,9H,2H2,1H3/t5-,6+,7-/m0/s1. The Morgan fingerprint density at radius 1 is 1.83 bits per heavy atom. The van der Waals surface area contributed by atoms with Crippen LogP contribution in [0.25, 0.3) is 0 Å². The van der Waals surface area contributed by atoms with Crippen molar-refractivity contribution in [3.63, 3.8) is 0 Å². The van der Waals surface area contributed by atoms with Crippen molar-refractivity contribution in [1.29, 1.82) is 0 Å². The summed E-state index contributed by atoms with van der Waals surface area (Å²) in [5.74, 6) is -0.583. The Hall–Kier alpha value is -0.680. The Labute approximate surface area is 69.3 Å². The molecule has 12 heavy (non-hydrogen) atoms. The molecule has 0 aromatic rings. The lowest BCUT2D eigenvalue weighted by atomic mass is 10.2. The van der Waals surface area contributed by atoms with E-state index in [1.54, 1.807) is 0 Å². The molecule has 1 saturated heterocycles. The molecular formula is C7H10FO4. The Balaban J connectivity index is 2.51. The first kappa shape index (κ1) is 9.41. The van der Waals surface area contributed by atoms with Gasteiger partial charge in [0.15, 0.2) is 12.3 Å². The highest BCUT2D eigenvalue weighted by Crippen LogP contribution is 2.23. The van der Waals surface area contributed by atoms with Crippen molar-refractivity contribution < 1.29 is 23.8 Å². The molecule has 1 aliphatic heterocycles. The van der Waals surface area contributed by atoms with Gasteiger partial charge in [0.1, 0.15) is 12.7 Å². The number of ether oxygens (including phenoxy) is 2. The molecule has 0 aromatic heterocycles. The van der Waals surface area contributed by atoms with Crippen molar-refractivity contribution in [2.75, 3.05) is 6.61 Å². The van der Waals surface area contributed by atoms with Gasteiger partial charge in [0.2, 0.25) is 0 Å². The number of hydrogen-bond donors (Lipinski definition) is 1. The molecule has 1 aliphatic rings. The molecule has 0 bridgehead atoms. The van der Waals surface area contributed by atoms with E-state index < -0.39 is 24.3 Å². The van der Waals surface area contributed by atoms with E-state index >= 15 is 0 Å². The fourth-order valence-corrected chi connectivity index (χ4v) is 1.02. The molecule has 3 atom stereocenters. The fraction of sp³-hybridized carbons (Fsp3) is 0.714. The summed E-state index contributed by atoms with van der Waals surface area (Å²) in [5, 5.41) is 8.66. The van der Waals surface area contributed by atoms with E-state index in [0.717, 1.165) is 6.61 Å². The number of esters is 1. The Kier molecular flexibility index (Phi) is 2.99. The van der Waals surface area contributed by atoms with Gasteiger partial charge in [-0.3, -0.25) is 4.79 Å². The fourth-order valence-electron chi connectivity index (χ4n) is 1.02. The molecule has 0 saturated carbocycles. The predicted molar refractivity (Wildman–Crippen MR) is 36.7 cm³/mol. The molecular weight excluding hydrogens is 167 g/mol. The maximum absolute atomic E-state index is 12.8. The van der Waals surface area contributed by atoms with Gasteiger partial charge >= 0.3 is 5.97 Å². The smallest absolute Gasteiger partial charge is 0.303 e. The molecule has 5 heteroatoms. The summed E-state index contributed by atoms with van der Waals surface area (Å²) in [6.07, 6.45) is -3.23. The van der Waals surface area contributed by atoms with Crippen LogP contribution in [0.5, 0.6) is 0 Å². The van der Waals surface area contributed by atoms with Crippen LogP contribution in [0.1, 0.15) is 6.92 Å². The number of carbonyl (C=O) groups excluding carboxylic acids is 1. The van der Waals surface area contributed by atoms with Crippen molar-refractivity contribution in [3.8, 4) is 0 Å². The molecule has 0 amide bonds. The largest absolute Gasteiger partial charge is 0.456 e. The third-order valence-electron chi connectivity index (χ3n) is 1.55. The third kappa shape index (κ3) is 1.92. The van der Waals surface area contributed by atoms with Crippen molar-refractivity contribution in [3.05, 3.63) is 6.61 Å². The zero-order valence-corrected chi connectivity index (χ0v) is 6.57. The lowest BCUT2D eigenvalue weighted by molar-refractivity contribution is -0.152. The lowest BCUT2D eigenvalue weighted by Gasteiger charge is -2.16. The summed E-state index contributed by atoms with van der Waals surface area (Å²) in [6.45, 7) is 1.74. The number of carbonyl (C=O) groups is 1. The van der Waals surface area contributed by atoms with Crippen LogP contribution in [0, 0.1) is 6.61 Å². The minimum atomic E-state index is -1.45. The van der Waals surface area contributed by atoms with Gasteiger partial charge in [-0.15, -0.1) is 0 Å². The van der Waals surface area contributed by atoms with Crippen LogP contribution >= 0.6 is 0 Å². The van der Waals surface area contributed by atoms with E-state index in [4.69, 9.17) is 9.84 Å². The van der Waals surface area contributed by atoms with Crippen molar-refractivity contribution in [2.45, 2.75) is 25.3 Å². The van der Waals surface area contributed by atoms with Crippen LogP contribution in [0.2, 0.25) is 0 Å². The average Bonchev–Trinajstić information content (AvgIpc) is 2.32. The van der Waals surface area contributed by atoms with Crippen LogP contribution in [-0.2, 0) is 14.3 Å². The first-order valence-electron chi connectivity index (χ1n) is 3.56. The summed E-state index contributed by atoms with van der Waals surface area (Å²) in [6, 6.07) is 0. The van der Waals surface area contributed by atoms with Gasteiger partial charge in [-0.25, -0.2) is 4.39 Å². The van der Waals surface area contributed by atoms with Crippen molar-refractivity contribution in [2.24, 2.45) is 0 Å². The molecule has 1 heterocycles. The molecule has 1 fully saturated rings. The number of halogens is 1. The van der Waals surface area contributed by atoms with Gasteiger partial charge in [0.25, 0.3) is 0 Å². The molecule has 0 spiro atoms. The summed E-state index contributed by atoms with van der Waals surface area (Å²) in [5.41, 5.74) is 0. The highest BCUT2D eigenvalue weighted by molar-refractivity contribution is 5.66. The van der Waals surface area contributed by atoms with Crippen LogP contribution < -0.4 is 0 Å². The summed E-state index contributed by atoms with van der Waals surface area (Å²) >= 11 is 0. The van der Waals surface area contributed by atoms with Crippen molar-refractivity contribution >= 4 is 5.97 Å². The zero-order valence-electron chi connectivity index (χ0n) is 6.57. The number of alkyl halides is 1. The van der Waals surface area contributed by atoms with E-state index in [2.05, 4.69) is 4.74 Å². The topological polar surface area (TPSA) is 55.8 Å². The second-order valence-electron chi connectivity index (χ2n) is 2.51. The Morgan fingerprint density at radius 3 is 3.00 bits per heavy atom. The maximum atomic E-state index is 12.8. The molecule has 0 aromatic carbocycles. The average molecular weight is 177 g/mol. The monoisotopic (exact) mass is 177 g/mol. The van der Waals surface area contributed by atoms with Crippen LogP contribution in [0.3, 0.4) is 0 Å². The first-order valence-corrected chi connectivity index (χ1v) is 3.56. The van der Waals surface area contributed by atoms with E-state index in [9.17, 15) is 9.18 Å². The zero-order chi connectivity index (χ0) is 9.14. The summed E-state index contributed by atoms with van der Waals surface area (Å²) < 4.78 is 22.1. The number of aliphatic hydroxyl groups excluding tert-OH is 1. The molecule has 1 rings (SSSR count). The van der Waals surface area contributed by atoms with E-state index in [0.29, 0.717) is 0 Å². The molecule has 0 unspecified atom stereocenters. The van der Waals surface area contributed by atoms with Gasteiger partial charge in [-0.05, 0) is 0 Å². The third-order valence-corrected chi connectivity index (χ3v) is 1.55. The molecule has 1 radical (unpaired) electrons. The maximum Gasteiger partial charge on any atom is 0.303 e. The van der Waals surface area contributed by atoms with Gasteiger partial charge in [0.05, 0.1) is 6.61 Å². The normalized spacial score (nSPS) is 35.1. The van der Waals surface area contributed by atoms with Crippen LogP contribution in [0.15, 0.2) is 0 Å². The van der Waals surface area contributed by atoms with Gasteiger partial charge in [-0.1, -0.05) is 0 Å². The molecule has 4 nitrogen and oxygen atoms in total. The summed E-state index contributed by atoms with van der Waals surface area (Å²) in [4.78, 5) is 10.5. The molecule has 0 aliphatic carbocycles. The minimum Gasteiger partial charge on any atom is -0.456 e. The second-order valence-corrected chi connectivity index (χ2v) is 2.51. The number of aliphatic hydroxyl groups is 1. The SMILES string of the molecule is CC(=O)O[C@H]1[C@@H](F)[CH]O[C@@H]1CO. The first-order chi connectivity index (χ1) is 5.65. The van der Waals surface area contributed by atoms with Gasteiger partial charge in [0, 0.05) is 6.92 Å². The Bertz CT molecular complexity index is 173. The highest BCUT2D eigenvalue weighted by Gasteiger charge is 2.40. The van der Waals surface area contributed by atoms with Crippen molar-refractivity contribution in [1.82, 2.24) is 0 Å². The van der Waals surface area contributed by atoms with E-state index in [1.807, 2.05) is 0 Å². The summed E-state index contributed by atoms with van der Waals surface area (Å²) in [7, 11) is 0. The van der Waals surface area contributed by atoms with Gasteiger partial charge < -0.3 is 14.6 Å². The van der Waals surface area contributed by atoms with Crippen LogP contribution in [-0.4, -0.2) is 36.1 Å². The van der Waals surface area contributed by atoms with Crippen LogP contribution in [0.4, 0.5) is 4.39 Å². The Morgan fingerprint density at radius 2 is 2.50 bits per heavy atom. The van der Waals surface area contributed by atoms with E-state index in [1.165, 1.54) is 6.92 Å². The number of rotatable bonds is 2. The second kappa shape index (κ2) is 3.82.